The predicted octanol–water partition coefficient (Wildman–Crippen LogP) is 3.27. The van der Waals surface area contributed by atoms with E-state index in [1.54, 1.807) is 0 Å². The zero-order valence-electron chi connectivity index (χ0n) is 13.2. The third-order valence-corrected chi connectivity index (χ3v) is 4.30. The van der Waals surface area contributed by atoms with Gasteiger partial charge in [0.05, 0.1) is 16.8 Å². The van der Waals surface area contributed by atoms with Crippen LogP contribution in [0.3, 0.4) is 0 Å². The molecule has 1 atom stereocenters. The number of aromatic nitrogens is 2. The molecule has 0 radical (unpaired) electrons. The van der Waals surface area contributed by atoms with Gasteiger partial charge >= 0.3 is 0 Å². The van der Waals surface area contributed by atoms with Crippen LogP contribution < -0.4 is 5.32 Å². The van der Waals surface area contributed by atoms with Gasteiger partial charge in [0.1, 0.15) is 5.54 Å². The topological polar surface area (TPSA) is 53.6 Å². The van der Waals surface area contributed by atoms with Crippen molar-refractivity contribution in [2.75, 3.05) is 5.75 Å². The Kier molecular flexibility index (Phi) is 6.57. The quantitative estimate of drug-likeness (QED) is 0.590. The fourth-order valence-corrected chi connectivity index (χ4v) is 3.32. The lowest BCUT2D eigenvalue weighted by Gasteiger charge is -2.25. The Balaban J connectivity index is 2.28. The van der Waals surface area contributed by atoms with Gasteiger partial charge in [-0.25, -0.2) is 0 Å². The zero-order chi connectivity index (χ0) is 15.2. The van der Waals surface area contributed by atoms with Crippen LogP contribution in [0.5, 0.6) is 0 Å². The van der Waals surface area contributed by atoms with Crippen molar-refractivity contribution in [1.29, 1.82) is 5.26 Å². The minimum atomic E-state index is -0.401. The van der Waals surface area contributed by atoms with E-state index in [1.807, 2.05) is 37.3 Å². The van der Waals surface area contributed by atoms with Crippen molar-refractivity contribution >= 4 is 11.8 Å². The van der Waals surface area contributed by atoms with Crippen LogP contribution in [0, 0.1) is 18.3 Å². The first-order valence-corrected chi connectivity index (χ1v) is 8.17. The Morgan fingerprint density at radius 3 is 2.70 bits per heavy atom. The molecular weight excluding hydrogens is 268 g/mol. The Hall–Kier alpha value is -0.990. The highest BCUT2D eigenvalue weighted by Crippen LogP contribution is 2.21. The van der Waals surface area contributed by atoms with Gasteiger partial charge in [-0.3, -0.25) is 10.00 Å². The molecule has 112 valence electrons. The molecule has 5 heteroatoms. The van der Waals surface area contributed by atoms with Gasteiger partial charge < -0.3 is 0 Å². The Morgan fingerprint density at radius 1 is 1.50 bits per heavy atom. The molecule has 1 aromatic heterocycles. The molecule has 1 aromatic rings. The van der Waals surface area contributed by atoms with E-state index >= 15 is 0 Å². The van der Waals surface area contributed by atoms with E-state index in [1.165, 1.54) is 5.03 Å². The second kappa shape index (κ2) is 7.70. The van der Waals surface area contributed by atoms with Gasteiger partial charge in [-0.15, -0.1) is 11.8 Å². The molecule has 0 aliphatic carbocycles. The minimum absolute atomic E-state index is 0.339. The highest BCUT2D eigenvalue weighted by molar-refractivity contribution is 7.99. The van der Waals surface area contributed by atoms with E-state index in [9.17, 15) is 5.26 Å². The van der Waals surface area contributed by atoms with Crippen molar-refractivity contribution in [1.82, 2.24) is 15.1 Å². The highest BCUT2D eigenvalue weighted by atomic mass is 32.2. The van der Waals surface area contributed by atoms with E-state index in [-0.39, 0.29) is 0 Å². The smallest absolute Gasteiger partial charge is 0.104 e. The van der Waals surface area contributed by atoms with E-state index in [0.717, 1.165) is 30.7 Å². The maximum absolute atomic E-state index is 9.28. The van der Waals surface area contributed by atoms with Gasteiger partial charge in [0.25, 0.3) is 0 Å². The number of rotatable bonds is 8. The second-order valence-corrected chi connectivity index (χ2v) is 6.91. The summed E-state index contributed by atoms with van der Waals surface area (Å²) in [7, 11) is 1.98. The third-order valence-electron chi connectivity index (χ3n) is 3.13. The Labute approximate surface area is 126 Å². The molecule has 0 fully saturated rings. The Morgan fingerprint density at radius 2 is 2.20 bits per heavy atom. The van der Waals surface area contributed by atoms with Crippen LogP contribution in [-0.4, -0.2) is 27.1 Å². The summed E-state index contributed by atoms with van der Waals surface area (Å²) < 4.78 is 1.93. The van der Waals surface area contributed by atoms with Crippen LogP contribution in [-0.2, 0) is 7.05 Å². The summed E-state index contributed by atoms with van der Waals surface area (Å²) >= 11 is 1.84. The van der Waals surface area contributed by atoms with Crippen LogP contribution in [0.4, 0.5) is 0 Å². The first-order valence-electron chi connectivity index (χ1n) is 7.19. The second-order valence-electron chi connectivity index (χ2n) is 5.80. The molecule has 1 rings (SSSR count). The summed E-state index contributed by atoms with van der Waals surface area (Å²) in [5.41, 5.74) is 0.662. The molecule has 20 heavy (non-hydrogen) atoms. The molecule has 0 aliphatic rings. The molecule has 0 saturated carbocycles. The van der Waals surface area contributed by atoms with Crippen LogP contribution in [0.2, 0.25) is 0 Å². The van der Waals surface area contributed by atoms with Gasteiger partial charge in [-0.1, -0.05) is 0 Å². The summed E-state index contributed by atoms with van der Waals surface area (Å²) in [6, 6.07) is 4.85. The molecule has 0 saturated heterocycles. The molecular formula is C15H26N4S. The predicted molar refractivity (Wildman–Crippen MR) is 84.8 cm³/mol. The lowest BCUT2D eigenvalue weighted by atomic mass is 9.96. The number of aryl methyl sites for hydroxylation is 2. The molecule has 0 bridgehead atoms. The molecule has 0 aliphatic heterocycles. The van der Waals surface area contributed by atoms with Crippen LogP contribution in [0.1, 0.15) is 45.7 Å². The molecule has 4 nitrogen and oxygen atoms in total. The third kappa shape index (κ3) is 5.56. The number of nitrogens with one attached hydrogen (secondary N) is 1. The molecule has 0 amide bonds. The lowest BCUT2D eigenvalue weighted by molar-refractivity contribution is 0.372. The first kappa shape index (κ1) is 17.1. The SMILES string of the molecule is Cc1cc(SCCCCC(C)(C#N)NC(C)C)n(C)n1. The fraction of sp³-hybridized carbons (Fsp3) is 0.733. The van der Waals surface area contributed by atoms with Crippen molar-refractivity contribution in [3.05, 3.63) is 11.8 Å². The largest absolute Gasteiger partial charge is 0.297 e. The average molecular weight is 294 g/mol. The van der Waals surface area contributed by atoms with Crippen LogP contribution in [0.15, 0.2) is 11.1 Å². The zero-order valence-corrected chi connectivity index (χ0v) is 14.0. The number of unbranched alkanes of at least 4 members (excludes halogenated alkanes) is 1. The van der Waals surface area contributed by atoms with Crippen molar-refractivity contribution < 1.29 is 0 Å². The summed E-state index contributed by atoms with van der Waals surface area (Å²) in [5.74, 6) is 1.07. The van der Waals surface area contributed by atoms with Gasteiger partial charge in [0.2, 0.25) is 0 Å². The van der Waals surface area contributed by atoms with E-state index in [4.69, 9.17) is 0 Å². The van der Waals surface area contributed by atoms with Gasteiger partial charge in [-0.2, -0.15) is 10.4 Å². The number of nitriles is 1. The van der Waals surface area contributed by atoms with E-state index in [2.05, 4.69) is 36.4 Å². The number of hydrogen-bond acceptors (Lipinski definition) is 4. The molecule has 0 aromatic carbocycles. The number of thioether (sulfide) groups is 1. The molecule has 1 heterocycles. The Bertz CT molecular complexity index is 461. The standard InChI is InChI=1S/C15H26N4S/c1-12(2)17-15(4,11-16)8-6-7-9-20-14-10-13(3)18-19(14)5/h10,12,17H,6-9H2,1-5H3. The molecule has 0 spiro atoms. The monoisotopic (exact) mass is 294 g/mol. The maximum Gasteiger partial charge on any atom is 0.104 e. The van der Waals surface area contributed by atoms with Crippen molar-refractivity contribution in [3.63, 3.8) is 0 Å². The first-order chi connectivity index (χ1) is 9.36. The van der Waals surface area contributed by atoms with Crippen molar-refractivity contribution in [3.8, 4) is 6.07 Å². The van der Waals surface area contributed by atoms with Gasteiger partial charge in [0.15, 0.2) is 0 Å². The van der Waals surface area contributed by atoms with Gasteiger partial charge in [-0.05, 0) is 58.8 Å². The molecule has 1 unspecified atom stereocenters. The normalized spacial score (nSPS) is 14.2. The van der Waals surface area contributed by atoms with E-state index in [0.29, 0.717) is 6.04 Å². The maximum atomic E-state index is 9.28. The fourth-order valence-electron chi connectivity index (χ4n) is 2.28. The summed E-state index contributed by atoms with van der Waals surface area (Å²) in [5, 5.41) is 18.2. The van der Waals surface area contributed by atoms with Crippen LogP contribution >= 0.6 is 11.8 Å². The van der Waals surface area contributed by atoms with Crippen molar-refractivity contribution in [2.24, 2.45) is 7.05 Å². The van der Waals surface area contributed by atoms with E-state index < -0.39 is 5.54 Å². The van der Waals surface area contributed by atoms with Crippen LogP contribution in [0.25, 0.3) is 0 Å². The summed E-state index contributed by atoms with van der Waals surface area (Å²) in [6.07, 6.45) is 3.08. The number of nitrogens with zero attached hydrogens (tertiary/aromatic N) is 3. The highest BCUT2D eigenvalue weighted by Gasteiger charge is 2.23. The van der Waals surface area contributed by atoms with Crippen molar-refractivity contribution in [2.45, 2.75) is 63.6 Å². The average Bonchev–Trinajstić information content (AvgIpc) is 2.66. The summed E-state index contributed by atoms with van der Waals surface area (Å²) in [4.78, 5) is 0. The summed E-state index contributed by atoms with van der Waals surface area (Å²) in [6.45, 7) is 8.16. The minimum Gasteiger partial charge on any atom is -0.297 e. The van der Waals surface area contributed by atoms with Gasteiger partial charge in [0, 0.05) is 13.1 Å². The number of hydrogen-bond donors (Lipinski definition) is 1. The molecule has 1 N–H and O–H groups in total. The lowest BCUT2D eigenvalue weighted by Crippen LogP contribution is -2.44.